The molecule has 0 aliphatic carbocycles. The Morgan fingerprint density at radius 1 is 1.35 bits per heavy atom. The van der Waals surface area contributed by atoms with Crippen LogP contribution in [0.15, 0.2) is 18.2 Å². The van der Waals surface area contributed by atoms with Crippen molar-refractivity contribution < 1.29 is 5.11 Å². The Morgan fingerprint density at radius 3 is 2.71 bits per heavy atom. The molecule has 2 unspecified atom stereocenters. The van der Waals surface area contributed by atoms with Gasteiger partial charge in [-0.1, -0.05) is 29.3 Å². The van der Waals surface area contributed by atoms with Gasteiger partial charge >= 0.3 is 0 Å². The van der Waals surface area contributed by atoms with Crippen molar-refractivity contribution in [2.45, 2.75) is 25.4 Å². The summed E-state index contributed by atoms with van der Waals surface area (Å²) in [6.07, 6.45) is 2.13. The van der Waals surface area contributed by atoms with Crippen molar-refractivity contribution >= 4 is 23.2 Å². The Kier molecular flexibility index (Phi) is 3.99. The van der Waals surface area contributed by atoms with Crippen molar-refractivity contribution in [2.75, 3.05) is 13.1 Å². The van der Waals surface area contributed by atoms with E-state index in [9.17, 15) is 5.11 Å². The highest BCUT2D eigenvalue weighted by atomic mass is 35.5. The molecule has 2 atom stereocenters. The van der Waals surface area contributed by atoms with E-state index in [0.717, 1.165) is 31.5 Å². The van der Waals surface area contributed by atoms with Gasteiger partial charge in [0.15, 0.2) is 0 Å². The zero-order valence-corrected chi connectivity index (χ0v) is 11.4. The SMILES string of the molecule is CC(O)(c1ccc(Cl)c(Cl)c1)C1CCCNC1. The average Bonchev–Trinajstić information content (AvgIpc) is 2.33. The van der Waals surface area contributed by atoms with E-state index in [1.807, 2.05) is 13.0 Å². The van der Waals surface area contributed by atoms with Gasteiger partial charge in [0.1, 0.15) is 0 Å². The van der Waals surface area contributed by atoms with Gasteiger partial charge in [0.05, 0.1) is 15.6 Å². The third-order valence-corrected chi connectivity index (χ3v) is 4.33. The third kappa shape index (κ3) is 2.76. The van der Waals surface area contributed by atoms with Crippen LogP contribution in [-0.2, 0) is 5.60 Å². The molecule has 0 amide bonds. The topological polar surface area (TPSA) is 32.3 Å². The molecule has 2 N–H and O–H groups in total. The monoisotopic (exact) mass is 273 g/mol. The van der Waals surface area contributed by atoms with Crippen molar-refractivity contribution in [1.82, 2.24) is 5.32 Å². The molecule has 94 valence electrons. The number of nitrogens with one attached hydrogen (secondary N) is 1. The molecule has 1 saturated heterocycles. The minimum atomic E-state index is -0.859. The Hall–Kier alpha value is -0.280. The number of hydrogen-bond donors (Lipinski definition) is 2. The summed E-state index contributed by atoms with van der Waals surface area (Å²) in [5.74, 6) is 0.216. The summed E-state index contributed by atoms with van der Waals surface area (Å²) >= 11 is 11.9. The molecule has 2 nitrogen and oxygen atoms in total. The van der Waals surface area contributed by atoms with E-state index >= 15 is 0 Å². The van der Waals surface area contributed by atoms with E-state index in [4.69, 9.17) is 23.2 Å². The summed E-state index contributed by atoms with van der Waals surface area (Å²) in [4.78, 5) is 0. The minimum absolute atomic E-state index is 0.216. The fraction of sp³-hybridized carbons (Fsp3) is 0.538. The maximum Gasteiger partial charge on any atom is 0.0909 e. The fourth-order valence-corrected chi connectivity index (χ4v) is 2.68. The van der Waals surface area contributed by atoms with Crippen LogP contribution >= 0.6 is 23.2 Å². The Bertz CT molecular complexity index is 400. The van der Waals surface area contributed by atoms with Crippen molar-refractivity contribution in [1.29, 1.82) is 0 Å². The van der Waals surface area contributed by atoms with Crippen LogP contribution < -0.4 is 5.32 Å². The summed E-state index contributed by atoms with van der Waals surface area (Å²) < 4.78 is 0. The summed E-state index contributed by atoms with van der Waals surface area (Å²) in [7, 11) is 0. The van der Waals surface area contributed by atoms with Gasteiger partial charge in [0.2, 0.25) is 0 Å². The lowest BCUT2D eigenvalue weighted by Crippen LogP contribution is -2.42. The first-order valence-corrected chi connectivity index (χ1v) is 6.66. The molecule has 2 rings (SSSR count). The van der Waals surface area contributed by atoms with Crippen LogP contribution in [-0.4, -0.2) is 18.2 Å². The first-order valence-electron chi connectivity index (χ1n) is 5.90. The summed E-state index contributed by atoms with van der Waals surface area (Å²) in [6, 6.07) is 5.35. The van der Waals surface area contributed by atoms with Gasteiger partial charge in [0.25, 0.3) is 0 Å². The average molecular weight is 274 g/mol. The molecule has 0 spiro atoms. The van der Waals surface area contributed by atoms with Gasteiger partial charge in [-0.05, 0) is 44.0 Å². The molecule has 0 radical (unpaired) electrons. The largest absolute Gasteiger partial charge is 0.385 e. The van der Waals surface area contributed by atoms with E-state index in [0.29, 0.717) is 10.0 Å². The van der Waals surface area contributed by atoms with Gasteiger partial charge in [0, 0.05) is 12.5 Å². The highest BCUT2D eigenvalue weighted by Crippen LogP contribution is 2.36. The van der Waals surface area contributed by atoms with E-state index in [2.05, 4.69) is 5.32 Å². The first kappa shape index (κ1) is 13.2. The number of hydrogen-bond acceptors (Lipinski definition) is 2. The van der Waals surface area contributed by atoms with Crippen LogP contribution in [0.5, 0.6) is 0 Å². The van der Waals surface area contributed by atoms with Crippen molar-refractivity contribution in [3.05, 3.63) is 33.8 Å². The maximum absolute atomic E-state index is 10.7. The lowest BCUT2D eigenvalue weighted by atomic mass is 9.79. The molecule has 1 aromatic carbocycles. The maximum atomic E-state index is 10.7. The number of piperidine rings is 1. The van der Waals surface area contributed by atoms with Gasteiger partial charge in [-0.25, -0.2) is 0 Å². The number of benzene rings is 1. The molecule has 1 aromatic rings. The molecule has 0 aromatic heterocycles. The number of halogens is 2. The minimum Gasteiger partial charge on any atom is -0.385 e. The summed E-state index contributed by atoms with van der Waals surface area (Å²) in [5.41, 5.74) is -0.0256. The molecule has 4 heteroatoms. The molecular weight excluding hydrogens is 257 g/mol. The molecule has 1 aliphatic rings. The highest BCUT2D eigenvalue weighted by Gasteiger charge is 2.34. The normalized spacial score (nSPS) is 24.4. The number of aliphatic hydroxyl groups is 1. The molecule has 17 heavy (non-hydrogen) atoms. The predicted molar refractivity (Wildman–Crippen MR) is 71.6 cm³/mol. The van der Waals surface area contributed by atoms with Crippen molar-refractivity contribution in [2.24, 2.45) is 5.92 Å². The van der Waals surface area contributed by atoms with Crippen LogP contribution in [0.4, 0.5) is 0 Å². The zero-order valence-electron chi connectivity index (χ0n) is 9.84. The summed E-state index contributed by atoms with van der Waals surface area (Å²) in [5, 5.41) is 15.0. The lowest BCUT2D eigenvalue weighted by Gasteiger charge is -2.36. The van der Waals surface area contributed by atoms with E-state index < -0.39 is 5.60 Å². The van der Waals surface area contributed by atoms with Gasteiger partial charge in [-0.3, -0.25) is 0 Å². The van der Waals surface area contributed by atoms with E-state index in [-0.39, 0.29) is 5.92 Å². The van der Waals surface area contributed by atoms with Crippen LogP contribution in [0.25, 0.3) is 0 Å². The molecule has 0 bridgehead atoms. The molecule has 0 saturated carbocycles. The van der Waals surface area contributed by atoms with Crippen LogP contribution in [0, 0.1) is 5.92 Å². The molecular formula is C13H17Cl2NO. The van der Waals surface area contributed by atoms with Crippen LogP contribution in [0.3, 0.4) is 0 Å². The van der Waals surface area contributed by atoms with Gasteiger partial charge < -0.3 is 10.4 Å². The molecule has 1 fully saturated rings. The van der Waals surface area contributed by atoms with Crippen LogP contribution in [0.2, 0.25) is 10.0 Å². The fourth-order valence-electron chi connectivity index (χ4n) is 2.38. The standard InChI is InChI=1S/C13H17Cl2NO/c1-13(17,10-3-2-6-16-8-10)9-4-5-11(14)12(15)7-9/h4-5,7,10,16-17H,2-3,6,8H2,1H3. The first-order chi connectivity index (χ1) is 8.01. The van der Waals surface area contributed by atoms with E-state index in [1.54, 1.807) is 12.1 Å². The highest BCUT2D eigenvalue weighted by molar-refractivity contribution is 6.42. The third-order valence-electron chi connectivity index (χ3n) is 3.60. The zero-order chi connectivity index (χ0) is 12.5. The van der Waals surface area contributed by atoms with Crippen molar-refractivity contribution in [3.63, 3.8) is 0 Å². The predicted octanol–water partition coefficient (Wildman–Crippen LogP) is 3.20. The Balaban J connectivity index is 2.26. The molecule has 1 heterocycles. The molecule has 1 aliphatic heterocycles. The number of rotatable bonds is 2. The second-order valence-electron chi connectivity index (χ2n) is 4.82. The quantitative estimate of drug-likeness (QED) is 0.868. The second kappa shape index (κ2) is 5.15. The lowest BCUT2D eigenvalue weighted by molar-refractivity contribution is -0.0156. The summed E-state index contributed by atoms with van der Waals surface area (Å²) in [6.45, 7) is 3.73. The van der Waals surface area contributed by atoms with Gasteiger partial charge in [-0.15, -0.1) is 0 Å². The van der Waals surface area contributed by atoms with Crippen molar-refractivity contribution in [3.8, 4) is 0 Å². The van der Waals surface area contributed by atoms with Crippen LogP contribution in [0.1, 0.15) is 25.3 Å². The Morgan fingerprint density at radius 2 is 2.12 bits per heavy atom. The Labute approximate surface area is 112 Å². The van der Waals surface area contributed by atoms with E-state index in [1.165, 1.54) is 0 Å². The smallest absolute Gasteiger partial charge is 0.0909 e. The second-order valence-corrected chi connectivity index (χ2v) is 5.63. The van der Waals surface area contributed by atoms with Gasteiger partial charge in [-0.2, -0.15) is 0 Å².